The molecule has 1 aliphatic heterocycles. The first-order valence-electron chi connectivity index (χ1n) is 9.80. The summed E-state index contributed by atoms with van der Waals surface area (Å²) in [6.45, 7) is 2.64. The number of aryl methyl sites for hydroxylation is 1. The van der Waals surface area contributed by atoms with Gasteiger partial charge in [-0.05, 0) is 50.1 Å². The lowest BCUT2D eigenvalue weighted by Crippen LogP contribution is -2.39. The minimum atomic E-state index is -3.60. The van der Waals surface area contributed by atoms with Crippen LogP contribution in [0.4, 0.5) is 10.1 Å². The first-order valence-corrected chi connectivity index (χ1v) is 12.1. The summed E-state index contributed by atoms with van der Waals surface area (Å²) < 4.78 is 40.8. The summed E-state index contributed by atoms with van der Waals surface area (Å²) in [5.41, 5.74) is 1.32. The highest BCUT2D eigenvalue weighted by Gasteiger charge is 2.32. The number of anilines is 1. The van der Waals surface area contributed by atoms with E-state index in [1.807, 2.05) is 6.92 Å². The molecule has 1 aromatic heterocycles. The first-order chi connectivity index (χ1) is 14.8. The third kappa shape index (κ3) is 4.81. The summed E-state index contributed by atoms with van der Waals surface area (Å²) in [5, 5.41) is 11.5. The van der Waals surface area contributed by atoms with Gasteiger partial charge < -0.3 is 5.32 Å². The molecule has 162 valence electrons. The number of nitrogens with zero attached hydrogens (tertiary/aromatic N) is 3. The molecule has 0 radical (unpaired) electrons. The van der Waals surface area contributed by atoms with Crippen LogP contribution in [0.15, 0.2) is 53.4 Å². The van der Waals surface area contributed by atoms with Crippen molar-refractivity contribution in [3.8, 4) is 0 Å². The maximum Gasteiger partial charge on any atom is 0.286 e. The Morgan fingerprint density at radius 1 is 1.19 bits per heavy atom. The van der Waals surface area contributed by atoms with Crippen LogP contribution < -0.4 is 5.32 Å². The second-order valence-electron chi connectivity index (χ2n) is 7.43. The monoisotopic (exact) mass is 460 g/mol. The fraction of sp³-hybridized carbons (Fsp3) is 0.286. The minimum absolute atomic E-state index is 0.137. The van der Waals surface area contributed by atoms with Gasteiger partial charge in [0.25, 0.3) is 5.91 Å². The molecule has 0 bridgehead atoms. The second kappa shape index (κ2) is 8.81. The van der Waals surface area contributed by atoms with Gasteiger partial charge in [0.2, 0.25) is 15.0 Å². The lowest BCUT2D eigenvalue weighted by Gasteiger charge is -2.30. The Morgan fingerprint density at radius 2 is 1.97 bits per heavy atom. The predicted molar refractivity (Wildman–Crippen MR) is 116 cm³/mol. The minimum Gasteiger partial charge on any atom is -0.320 e. The number of benzene rings is 2. The second-order valence-corrected chi connectivity index (χ2v) is 10.4. The molecule has 4 rings (SSSR count). The molecule has 1 atom stereocenters. The zero-order valence-corrected chi connectivity index (χ0v) is 18.4. The number of sulfonamides is 1. The highest BCUT2D eigenvalue weighted by atomic mass is 32.2. The van der Waals surface area contributed by atoms with Gasteiger partial charge in [-0.15, -0.1) is 10.2 Å². The molecule has 1 N–H and O–H groups in total. The molecule has 1 fully saturated rings. The highest BCUT2D eigenvalue weighted by molar-refractivity contribution is 7.89. The van der Waals surface area contributed by atoms with E-state index < -0.39 is 21.7 Å². The van der Waals surface area contributed by atoms with Gasteiger partial charge in [0.15, 0.2) is 0 Å². The third-order valence-corrected chi connectivity index (χ3v) is 8.07. The molecule has 10 heteroatoms. The SMILES string of the molecule is Cc1ccc(S(=O)(=O)N2CCC[C@@H](c3nnc(C(=O)Nc4cccc(F)c4)s3)C2)cc1. The fourth-order valence-electron chi connectivity index (χ4n) is 3.46. The zero-order chi connectivity index (χ0) is 22.0. The van der Waals surface area contributed by atoms with Crippen LogP contribution in [0.5, 0.6) is 0 Å². The lowest BCUT2D eigenvalue weighted by molar-refractivity contribution is 0.102. The van der Waals surface area contributed by atoms with Crippen LogP contribution >= 0.6 is 11.3 Å². The summed E-state index contributed by atoms with van der Waals surface area (Å²) in [4.78, 5) is 12.7. The van der Waals surface area contributed by atoms with E-state index in [4.69, 9.17) is 0 Å². The number of carbonyl (C=O) groups excluding carboxylic acids is 1. The molecular weight excluding hydrogens is 439 g/mol. The smallest absolute Gasteiger partial charge is 0.286 e. The van der Waals surface area contributed by atoms with Gasteiger partial charge in [-0.1, -0.05) is 35.1 Å². The number of amides is 1. The van der Waals surface area contributed by atoms with E-state index in [9.17, 15) is 17.6 Å². The van der Waals surface area contributed by atoms with Gasteiger partial charge >= 0.3 is 0 Å². The van der Waals surface area contributed by atoms with Gasteiger partial charge in [-0.2, -0.15) is 4.31 Å². The molecule has 0 spiro atoms. The van der Waals surface area contributed by atoms with Crippen molar-refractivity contribution in [3.05, 3.63) is 69.9 Å². The Morgan fingerprint density at radius 3 is 2.71 bits per heavy atom. The van der Waals surface area contributed by atoms with Crippen molar-refractivity contribution >= 4 is 33.0 Å². The van der Waals surface area contributed by atoms with Crippen molar-refractivity contribution in [2.45, 2.75) is 30.6 Å². The molecule has 2 heterocycles. The molecule has 0 unspecified atom stereocenters. The Hall–Kier alpha value is -2.69. The van der Waals surface area contributed by atoms with E-state index in [1.54, 1.807) is 30.3 Å². The number of rotatable bonds is 5. The standard InChI is InChI=1S/C21H21FN4O3S2/c1-14-7-9-18(10-8-14)31(28,29)26-11-3-4-15(13-26)20-24-25-21(30-20)19(27)23-17-6-2-5-16(22)12-17/h2,5-10,12,15H,3-4,11,13H2,1H3,(H,23,27)/t15-/m1/s1. The molecule has 2 aromatic carbocycles. The maximum absolute atomic E-state index is 13.3. The molecular formula is C21H21FN4O3S2. The van der Waals surface area contributed by atoms with Gasteiger partial charge in [-0.25, -0.2) is 12.8 Å². The molecule has 1 amide bonds. The van der Waals surface area contributed by atoms with Crippen LogP contribution in [0.3, 0.4) is 0 Å². The van der Waals surface area contributed by atoms with Gasteiger partial charge in [0.1, 0.15) is 10.8 Å². The van der Waals surface area contributed by atoms with Crippen molar-refractivity contribution in [1.29, 1.82) is 0 Å². The number of hydrogen-bond donors (Lipinski definition) is 1. The van der Waals surface area contributed by atoms with E-state index in [0.29, 0.717) is 23.7 Å². The Labute approximate surface area is 184 Å². The first kappa shape index (κ1) is 21.5. The van der Waals surface area contributed by atoms with Gasteiger partial charge in [-0.3, -0.25) is 4.79 Å². The largest absolute Gasteiger partial charge is 0.320 e. The summed E-state index contributed by atoms with van der Waals surface area (Å²) in [6, 6.07) is 12.4. The normalized spacial score (nSPS) is 17.4. The van der Waals surface area contributed by atoms with Gasteiger partial charge in [0, 0.05) is 24.7 Å². The van der Waals surface area contributed by atoms with Crippen molar-refractivity contribution in [2.24, 2.45) is 0 Å². The van der Waals surface area contributed by atoms with E-state index >= 15 is 0 Å². The average Bonchev–Trinajstić information content (AvgIpc) is 3.25. The molecule has 7 nitrogen and oxygen atoms in total. The molecule has 3 aromatic rings. The number of nitrogens with one attached hydrogen (secondary N) is 1. The summed E-state index contributed by atoms with van der Waals surface area (Å²) >= 11 is 1.13. The third-order valence-electron chi connectivity index (χ3n) is 5.11. The summed E-state index contributed by atoms with van der Waals surface area (Å²) in [7, 11) is -3.60. The number of piperidine rings is 1. The van der Waals surface area contributed by atoms with Gasteiger partial charge in [0.05, 0.1) is 4.90 Å². The van der Waals surface area contributed by atoms with Crippen molar-refractivity contribution in [3.63, 3.8) is 0 Å². The number of halogens is 1. The molecule has 1 aliphatic rings. The Balaban J connectivity index is 1.47. The lowest BCUT2D eigenvalue weighted by atomic mass is 10.0. The van der Waals surface area contributed by atoms with Crippen LogP contribution in [0.2, 0.25) is 0 Å². The van der Waals surface area contributed by atoms with Crippen molar-refractivity contribution < 1.29 is 17.6 Å². The Kier molecular flexibility index (Phi) is 6.12. The quantitative estimate of drug-likeness (QED) is 0.625. The highest BCUT2D eigenvalue weighted by Crippen LogP contribution is 2.32. The van der Waals surface area contributed by atoms with Crippen LogP contribution in [0.1, 0.15) is 39.1 Å². The molecule has 0 saturated carbocycles. The number of aromatic nitrogens is 2. The van der Waals surface area contributed by atoms with E-state index in [0.717, 1.165) is 23.3 Å². The fourth-order valence-corrected chi connectivity index (χ4v) is 5.85. The van der Waals surface area contributed by atoms with Crippen LogP contribution in [0.25, 0.3) is 0 Å². The summed E-state index contributed by atoms with van der Waals surface area (Å²) in [5.74, 6) is -1.07. The van der Waals surface area contributed by atoms with E-state index in [2.05, 4.69) is 15.5 Å². The predicted octanol–water partition coefficient (Wildman–Crippen LogP) is 3.81. The van der Waals surface area contributed by atoms with Crippen molar-refractivity contribution in [1.82, 2.24) is 14.5 Å². The summed E-state index contributed by atoms with van der Waals surface area (Å²) in [6.07, 6.45) is 1.46. The number of carbonyl (C=O) groups is 1. The molecule has 1 saturated heterocycles. The average molecular weight is 461 g/mol. The van der Waals surface area contributed by atoms with Crippen LogP contribution in [0, 0.1) is 12.7 Å². The zero-order valence-electron chi connectivity index (χ0n) is 16.8. The van der Waals surface area contributed by atoms with E-state index in [1.165, 1.54) is 22.5 Å². The number of hydrogen-bond acceptors (Lipinski definition) is 6. The topological polar surface area (TPSA) is 92.3 Å². The van der Waals surface area contributed by atoms with Crippen LogP contribution in [-0.4, -0.2) is 41.9 Å². The molecule has 31 heavy (non-hydrogen) atoms. The molecule has 0 aliphatic carbocycles. The van der Waals surface area contributed by atoms with Crippen molar-refractivity contribution in [2.75, 3.05) is 18.4 Å². The van der Waals surface area contributed by atoms with E-state index in [-0.39, 0.29) is 22.4 Å². The maximum atomic E-state index is 13.3. The van der Waals surface area contributed by atoms with Crippen LogP contribution in [-0.2, 0) is 10.0 Å². The Bertz CT molecular complexity index is 1200.